The van der Waals surface area contributed by atoms with Crippen LogP contribution in [0.1, 0.15) is 18.4 Å². The number of amides is 3. The van der Waals surface area contributed by atoms with E-state index in [0.717, 1.165) is 17.7 Å². The zero-order valence-electron chi connectivity index (χ0n) is 24.2. The maximum absolute atomic E-state index is 13.0. The molecule has 216 valence electrons. The van der Waals surface area contributed by atoms with Gasteiger partial charge in [0.05, 0.1) is 12.6 Å². The van der Waals surface area contributed by atoms with Crippen molar-refractivity contribution >= 4 is 28.1 Å². The summed E-state index contributed by atoms with van der Waals surface area (Å²) in [5.41, 5.74) is 3.76. The summed E-state index contributed by atoms with van der Waals surface area (Å²) in [7, 11) is -2.32. The summed E-state index contributed by atoms with van der Waals surface area (Å²) in [6.07, 6.45) is 0.940. The van der Waals surface area contributed by atoms with Crippen molar-refractivity contribution in [3.05, 3.63) is 35.9 Å². The third-order valence-corrected chi connectivity index (χ3v) is 9.58. The Morgan fingerprint density at radius 1 is 0.921 bits per heavy atom. The number of carbonyl (C=O) groups excluding carboxylic acids is 2. The highest BCUT2D eigenvalue weighted by molar-refractivity contribution is 6.76. The molecule has 0 aromatic heterocycles. The highest BCUT2D eigenvalue weighted by Crippen LogP contribution is 2.14. The van der Waals surface area contributed by atoms with Crippen LogP contribution in [-0.4, -0.2) is 85.2 Å². The first kappa shape index (κ1) is 32.4. The van der Waals surface area contributed by atoms with Crippen LogP contribution in [0.2, 0.25) is 51.4 Å². The van der Waals surface area contributed by atoms with Gasteiger partial charge < -0.3 is 24.3 Å². The van der Waals surface area contributed by atoms with Gasteiger partial charge in [-0.05, 0) is 30.5 Å². The van der Waals surface area contributed by atoms with Gasteiger partial charge in [-0.25, -0.2) is 15.2 Å². The number of carbonyl (C=O) groups is 2. The summed E-state index contributed by atoms with van der Waals surface area (Å²) in [4.78, 5) is 25.6. The lowest BCUT2D eigenvalue weighted by molar-refractivity contribution is -0.140. The van der Waals surface area contributed by atoms with Crippen LogP contribution < -0.4 is 10.7 Å². The van der Waals surface area contributed by atoms with Crippen LogP contribution in [0.4, 0.5) is 4.79 Å². The fourth-order valence-electron chi connectivity index (χ4n) is 3.74. The first-order chi connectivity index (χ1) is 17.9. The number of urea groups is 1. The van der Waals surface area contributed by atoms with E-state index in [-0.39, 0.29) is 38.5 Å². The molecule has 1 fully saturated rings. The van der Waals surface area contributed by atoms with E-state index in [1.165, 1.54) is 5.01 Å². The molecule has 0 saturated carbocycles. The molecule has 0 bridgehead atoms. The second kappa shape index (κ2) is 16.4. The van der Waals surface area contributed by atoms with Gasteiger partial charge in [0.2, 0.25) is 5.91 Å². The lowest BCUT2D eigenvalue weighted by Gasteiger charge is -2.28. The van der Waals surface area contributed by atoms with Crippen molar-refractivity contribution in [2.24, 2.45) is 0 Å². The number of nitrogens with one attached hydrogen (secondary N) is 2. The second-order valence-corrected chi connectivity index (χ2v) is 23.5. The molecular weight excluding hydrogens is 518 g/mol. The Kier molecular flexibility index (Phi) is 14.0. The van der Waals surface area contributed by atoms with Gasteiger partial charge in [0.1, 0.15) is 19.7 Å². The maximum Gasteiger partial charge on any atom is 0.333 e. The van der Waals surface area contributed by atoms with Crippen molar-refractivity contribution in [1.29, 1.82) is 0 Å². The fourth-order valence-corrected chi connectivity index (χ4v) is 5.25. The number of rotatable bonds is 17. The monoisotopic (exact) mass is 567 g/mol. The van der Waals surface area contributed by atoms with Crippen LogP contribution in [0.15, 0.2) is 30.3 Å². The maximum atomic E-state index is 13.0. The van der Waals surface area contributed by atoms with Crippen molar-refractivity contribution in [2.45, 2.75) is 82.8 Å². The summed E-state index contributed by atoms with van der Waals surface area (Å²) in [6, 6.07) is 11.3. The Balaban J connectivity index is 1.87. The Bertz CT molecular complexity index is 832. The highest BCUT2D eigenvalue weighted by atomic mass is 28.3. The van der Waals surface area contributed by atoms with Gasteiger partial charge in [-0.3, -0.25) is 4.79 Å². The summed E-state index contributed by atoms with van der Waals surface area (Å²) in [5, 5.41) is 4.34. The van der Waals surface area contributed by atoms with Crippen LogP contribution in [0, 0.1) is 0 Å². The molecule has 1 aromatic rings. The zero-order chi connectivity index (χ0) is 28.0. The first-order valence-electron chi connectivity index (χ1n) is 13.7. The quantitative estimate of drug-likeness (QED) is 0.164. The highest BCUT2D eigenvalue weighted by Gasteiger charge is 2.33. The third-order valence-electron chi connectivity index (χ3n) is 6.17. The number of hydrazine groups is 1. The molecule has 2 N–H and O–H groups in total. The molecule has 1 saturated heterocycles. The van der Waals surface area contributed by atoms with Crippen LogP contribution in [0.5, 0.6) is 0 Å². The minimum atomic E-state index is -1.20. The lowest BCUT2D eigenvalue weighted by atomic mass is 10.0. The van der Waals surface area contributed by atoms with Gasteiger partial charge in [-0.15, -0.1) is 0 Å². The van der Waals surface area contributed by atoms with Crippen molar-refractivity contribution < 1.29 is 28.5 Å². The van der Waals surface area contributed by atoms with Gasteiger partial charge >= 0.3 is 6.03 Å². The molecule has 2 atom stereocenters. The van der Waals surface area contributed by atoms with Crippen LogP contribution in [-0.2, 0) is 30.2 Å². The minimum absolute atomic E-state index is 0.115. The van der Waals surface area contributed by atoms with Crippen molar-refractivity contribution in [1.82, 2.24) is 15.8 Å². The number of ether oxygens (including phenoxy) is 4. The summed E-state index contributed by atoms with van der Waals surface area (Å²) in [6.45, 7) is 16.2. The molecule has 1 aliphatic heterocycles. The van der Waals surface area contributed by atoms with E-state index in [9.17, 15) is 9.59 Å². The van der Waals surface area contributed by atoms with Gasteiger partial charge in [-0.2, -0.15) is 0 Å². The standard InChI is InChI=1S/C27H49N3O6Si2/c1-37(2,3)17-15-34-21-33-14-10-13-26(31)30-20-25(36-22-35-16-18-38(4,5)6)24(28-27(32)29-30)19-23-11-8-7-9-12-23/h7-9,11-12,24-25H,10,13-22H2,1-6H3,(H2,28,29,32)/t24-,25-/m1/s1. The summed E-state index contributed by atoms with van der Waals surface area (Å²) < 4.78 is 22.9. The number of hydrogen-bond donors (Lipinski definition) is 2. The Morgan fingerprint density at radius 2 is 1.53 bits per heavy atom. The molecule has 3 amide bonds. The van der Waals surface area contributed by atoms with Crippen LogP contribution in [0.3, 0.4) is 0 Å². The van der Waals surface area contributed by atoms with E-state index in [1.807, 2.05) is 30.3 Å². The summed E-state index contributed by atoms with van der Waals surface area (Å²) >= 11 is 0. The van der Waals surface area contributed by atoms with Gasteiger partial charge in [0, 0.05) is 42.4 Å². The smallest absolute Gasteiger partial charge is 0.333 e. The molecule has 1 heterocycles. The lowest BCUT2D eigenvalue weighted by Crippen LogP contribution is -2.48. The van der Waals surface area contributed by atoms with Crippen molar-refractivity contribution in [3.63, 3.8) is 0 Å². The Hall–Kier alpha value is -1.77. The molecular formula is C27H49N3O6Si2. The van der Waals surface area contributed by atoms with Gasteiger partial charge in [-0.1, -0.05) is 69.6 Å². The molecule has 0 unspecified atom stereocenters. The largest absolute Gasteiger partial charge is 0.356 e. The van der Waals surface area contributed by atoms with Gasteiger partial charge in [0.25, 0.3) is 0 Å². The molecule has 2 rings (SSSR count). The molecule has 9 nitrogen and oxygen atoms in total. The molecule has 38 heavy (non-hydrogen) atoms. The SMILES string of the molecule is C[Si](C)(C)CCOCOCCCC(=O)N1C[C@@H](OCOCC[Si](C)(C)C)[C@@H](Cc2ccccc2)NC(=O)N1. The fraction of sp³-hybridized carbons (Fsp3) is 0.704. The molecule has 0 aliphatic carbocycles. The molecule has 1 aliphatic rings. The van der Waals surface area contributed by atoms with Crippen LogP contribution in [0.25, 0.3) is 0 Å². The van der Waals surface area contributed by atoms with E-state index in [4.69, 9.17) is 18.9 Å². The number of hydrogen-bond acceptors (Lipinski definition) is 6. The predicted octanol–water partition coefficient (Wildman–Crippen LogP) is 4.46. The van der Waals surface area contributed by atoms with E-state index < -0.39 is 28.3 Å². The van der Waals surface area contributed by atoms with Crippen molar-refractivity contribution in [2.75, 3.05) is 40.0 Å². The zero-order valence-corrected chi connectivity index (χ0v) is 26.2. The second-order valence-electron chi connectivity index (χ2n) is 12.3. The Morgan fingerprint density at radius 3 is 2.16 bits per heavy atom. The average molecular weight is 568 g/mol. The minimum Gasteiger partial charge on any atom is -0.356 e. The predicted molar refractivity (Wildman–Crippen MR) is 155 cm³/mol. The molecule has 11 heteroatoms. The topological polar surface area (TPSA) is 98.4 Å². The summed E-state index contributed by atoms with van der Waals surface area (Å²) in [5.74, 6) is -0.183. The van der Waals surface area contributed by atoms with E-state index in [1.54, 1.807) is 0 Å². The first-order valence-corrected chi connectivity index (χ1v) is 21.1. The van der Waals surface area contributed by atoms with Crippen LogP contribution >= 0.6 is 0 Å². The third kappa shape index (κ3) is 14.4. The van der Waals surface area contributed by atoms with E-state index >= 15 is 0 Å². The van der Waals surface area contributed by atoms with E-state index in [0.29, 0.717) is 32.7 Å². The van der Waals surface area contributed by atoms with Gasteiger partial charge in [0.15, 0.2) is 0 Å². The van der Waals surface area contributed by atoms with E-state index in [2.05, 4.69) is 50.0 Å². The Labute approximate surface area is 230 Å². The number of nitrogens with zero attached hydrogens (tertiary/aromatic N) is 1. The normalized spacial score (nSPS) is 18.6. The molecule has 1 aromatic carbocycles. The van der Waals surface area contributed by atoms with Crippen molar-refractivity contribution in [3.8, 4) is 0 Å². The molecule has 0 radical (unpaired) electrons. The average Bonchev–Trinajstić information content (AvgIpc) is 2.98. The number of benzene rings is 1. The molecule has 0 spiro atoms.